The van der Waals surface area contributed by atoms with Gasteiger partial charge in [0.05, 0.1) is 22.0 Å². The van der Waals surface area contributed by atoms with Gasteiger partial charge in [-0.05, 0) is 44.5 Å². The van der Waals surface area contributed by atoms with Gasteiger partial charge in [-0.3, -0.25) is 4.79 Å². The summed E-state index contributed by atoms with van der Waals surface area (Å²) in [7, 11) is 1.86. The molecule has 3 nitrogen and oxygen atoms in total. The number of aryl methyl sites for hydroxylation is 2. The molecular formula is C20H22N2OS2. The minimum Gasteiger partial charge on any atom is -0.336 e. The molecule has 5 heteroatoms. The molecule has 0 bridgehead atoms. The van der Waals surface area contributed by atoms with E-state index in [9.17, 15) is 4.79 Å². The molecule has 0 aliphatic carbocycles. The standard InChI is InChI=1S/C20H22N2OS2/c1-13-9-10-17(14(2)11-13)24-12-19(23)22(4)15(3)20-21-16-7-5-6-8-18(16)25-20/h5-11,15H,12H2,1-4H3/t15-/m1/s1. The lowest BCUT2D eigenvalue weighted by Gasteiger charge is -2.23. The summed E-state index contributed by atoms with van der Waals surface area (Å²) in [6.45, 7) is 6.21. The lowest BCUT2D eigenvalue weighted by molar-refractivity contribution is -0.128. The number of carbonyl (C=O) groups excluding carboxylic acids is 1. The van der Waals surface area contributed by atoms with E-state index < -0.39 is 0 Å². The summed E-state index contributed by atoms with van der Waals surface area (Å²) in [5.74, 6) is 0.562. The average molecular weight is 371 g/mol. The maximum absolute atomic E-state index is 12.6. The zero-order valence-corrected chi connectivity index (χ0v) is 16.6. The molecule has 0 saturated carbocycles. The van der Waals surface area contributed by atoms with Gasteiger partial charge in [-0.25, -0.2) is 4.98 Å². The maximum atomic E-state index is 12.6. The predicted molar refractivity (Wildman–Crippen MR) is 107 cm³/mol. The van der Waals surface area contributed by atoms with E-state index in [1.807, 2.05) is 32.2 Å². The van der Waals surface area contributed by atoms with Gasteiger partial charge in [0, 0.05) is 11.9 Å². The highest BCUT2D eigenvalue weighted by atomic mass is 32.2. The quantitative estimate of drug-likeness (QED) is 0.577. The number of thiazole rings is 1. The Morgan fingerprint density at radius 2 is 2.00 bits per heavy atom. The maximum Gasteiger partial charge on any atom is 0.233 e. The van der Waals surface area contributed by atoms with E-state index in [4.69, 9.17) is 0 Å². The molecule has 0 fully saturated rings. The summed E-state index contributed by atoms with van der Waals surface area (Å²) in [6, 6.07) is 14.4. The fraction of sp³-hybridized carbons (Fsp3) is 0.300. The van der Waals surface area contributed by atoms with E-state index in [-0.39, 0.29) is 11.9 Å². The van der Waals surface area contributed by atoms with Crippen molar-refractivity contribution in [1.29, 1.82) is 0 Å². The summed E-state index contributed by atoms with van der Waals surface area (Å²) in [5.41, 5.74) is 3.47. The largest absolute Gasteiger partial charge is 0.336 e. The molecule has 3 rings (SSSR count). The third kappa shape index (κ3) is 4.05. The Labute approximate surface area is 157 Å². The van der Waals surface area contributed by atoms with E-state index in [1.54, 1.807) is 28.0 Å². The Hall–Kier alpha value is -1.85. The second kappa shape index (κ2) is 7.58. The fourth-order valence-corrected chi connectivity index (χ4v) is 4.65. The lowest BCUT2D eigenvalue weighted by atomic mass is 10.2. The highest BCUT2D eigenvalue weighted by molar-refractivity contribution is 8.00. The van der Waals surface area contributed by atoms with Crippen molar-refractivity contribution in [2.45, 2.75) is 31.7 Å². The number of hydrogen-bond donors (Lipinski definition) is 0. The number of aromatic nitrogens is 1. The molecule has 25 heavy (non-hydrogen) atoms. The highest BCUT2D eigenvalue weighted by Gasteiger charge is 2.20. The van der Waals surface area contributed by atoms with E-state index in [1.165, 1.54) is 16.0 Å². The Balaban J connectivity index is 1.66. The number of benzene rings is 2. The first-order valence-corrected chi connectivity index (χ1v) is 10.1. The molecule has 0 N–H and O–H groups in total. The molecule has 1 atom stereocenters. The number of para-hydroxylation sites is 1. The third-order valence-corrected chi connectivity index (χ3v) is 6.69. The molecule has 1 amide bonds. The predicted octanol–water partition coefficient (Wildman–Crippen LogP) is 5.22. The van der Waals surface area contributed by atoms with Crippen LogP contribution in [-0.4, -0.2) is 28.6 Å². The molecule has 0 radical (unpaired) electrons. The van der Waals surface area contributed by atoms with Crippen LogP contribution in [0.3, 0.4) is 0 Å². The monoisotopic (exact) mass is 370 g/mol. The van der Waals surface area contributed by atoms with Crippen LogP contribution < -0.4 is 0 Å². The molecular weight excluding hydrogens is 348 g/mol. The van der Waals surface area contributed by atoms with E-state index in [0.29, 0.717) is 5.75 Å². The van der Waals surface area contributed by atoms with Crippen molar-refractivity contribution in [2.75, 3.05) is 12.8 Å². The van der Waals surface area contributed by atoms with Crippen LogP contribution in [0.5, 0.6) is 0 Å². The summed E-state index contributed by atoms with van der Waals surface area (Å²) in [4.78, 5) is 20.2. The molecule has 2 aromatic carbocycles. The van der Waals surface area contributed by atoms with Crippen molar-refractivity contribution in [2.24, 2.45) is 0 Å². The van der Waals surface area contributed by atoms with Gasteiger partial charge < -0.3 is 4.90 Å². The zero-order valence-electron chi connectivity index (χ0n) is 14.9. The Kier molecular flexibility index (Phi) is 5.45. The van der Waals surface area contributed by atoms with Gasteiger partial charge in [0.1, 0.15) is 5.01 Å². The van der Waals surface area contributed by atoms with Crippen molar-refractivity contribution in [3.8, 4) is 0 Å². The fourth-order valence-electron chi connectivity index (χ4n) is 2.65. The Bertz CT molecular complexity index is 871. The van der Waals surface area contributed by atoms with Crippen molar-refractivity contribution < 1.29 is 4.79 Å². The van der Waals surface area contributed by atoms with Crippen molar-refractivity contribution >= 4 is 39.2 Å². The molecule has 0 spiro atoms. The number of rotatable bonds is 5. The number of fused-ring (bicyclic) bond motifs is 1. The zero-order chi connectivity index (χ0) is 18.0. The average Bonchev–Trinajstić information content (AvgIpc) is 3.03. The summed E-state index contributed by atoms with van der Waals surface area (Å²) < 4.78 is 1.16. The molecule has 0 aliphatic rings. The van der Waals surface area contributed by atoms with E-state index in [0.717, 1.165) is 15.2 Å². The van der Waals surface area contributed by atoms with Gasteiger partial charge in [-0.1, -0.05) is 29.8 Å². The van der Waals surface area contributed by atoms with Crippen LogP contribution in [0.1, 0.15) is 29.1 Å². The van der Waals surface area contributed by atoms with Crippen LogP contribution in [0.25, 0.3) is 10.2 Å². The van der Waals surface area contributed by atoms with E-state index >= 15 is 0 Å². The first kappa shape index (κ1) is 18.0. The number of hydrogen-bond acceptors (Lipinski definition) is 4. The van der Waals surface area contributed by atoms with Crippen molar-refractivity contribution in [3.63, 3.8) is 0 Å². The summed E-state index contributed by atoms with van der Waals surface area (Å²) >= 11 is 3.26. The minimum absolute atomic E-state index is 0.0235. The van der Waals surface area contributed by atoms with Gasteiger partial charge in [0.25, 0.3) is 0 Å². The normalized spacial score (nSPS) is 12.3. The van der Waals surface area contributed by atoms with Crippen LogP contribution in [0.15, 0.2) is 47.4 Å². The molecule has 0 aliphatic heterocycles. The molecule has 130 valence electrons. The van der Waals surface area contributed by atoms with Crippen LogP contribution >= 0.6 is 23.1 Å². The Morgan fingerprint density at radius 1 is 1.24 bits per heavy atom. The Morgan fingerprint density at radius 3 is 2.72 bits per heavy atom. The van der Waals surface area contributed by atoms with Gasteiger partial charge in [-0.15, -0.1) is 23.1 Å². The highest BCUT2D eigenvalue weighted by Crippen LogP contribution is 2.30. The molecule has 3 aromatic rings. The first-order valence-electron chi connectivity index (χ1n) is 8.27. The number of carbonyl (C=O) groups is 1. The second-order valence-corrected chi connectivity index (χ2v) is 8.34. The van der Waals surface area contributed by atoms with Crippen molar-refractivity contribution in [1.82, 2.24) is 9.88 Å². The summed E-state index contributed by atoms with van der Waals surface area (Å²) in [5, 5.41) is 0.980. The van der Waals surface area contributed by atoms with Gasteiger partial charge >= 0.3 is 0 Å². The lowest BCUT2D eigenvalue weighted by Crippen LogP contribution is -2.31. The van der Waals surface area contributed by atoms with Gasteiger partial charge in [-0.2, -0.15) is 0 Å². The topological polar surface area (TPSA) is 33.2 Å². The van der Waals surface area contributed by atoms with Gasteiger partial charge in [0.2, 0.25) is 5.91 Å². The third-order valence-electron chi connectivity index (χ3n) is 4.32. The molecule has 0 saturated heterocycles. The first-order chi connectivity index (χ1) is 12.0. The van der Waals surface area contributed by atoms with Crippen LogP contribution in [-0.2, 0) is 4.79 Å². The number of thioether (sulfide) groups is 1. The van der Waals surface area contributed by atoms with Crippen LogP contribution in [0, 0.1) is 13.8 Å². The molecule has 0 unspecified atom stereocenters. The summed E-state index contributed by atoms with van der Waals surface area (Å²) in [6.07, 6.45) is 0. The minimum atomic E-state index is -0.0235. The smallest absolute Gasteiger partial charge is 0.233 e. The van der Waals surface area contributed by atoms with Crippen molar-refractivity contribution in [3.05, 3.63) is 58.6 Å². The SMILES string of the molecule is Cc1ccc(SCC(=O)N(C)[C@H](C)c2nc3ccccc3s2)c(C)c1. The molecule has 1 heterocycles. The van der Waals surface area contributed by atoms with Gasteiger partial charge in [0.15, 0.2) is 0 Å². The van der Waals surface area contributed by atoms with Crippen LogP contribution in [0.2, 0.25) is 0 Å². The second-order valence-electron chi connectivity index (χ2n) is 6.26. The number of amides is 1. The van der Waals surface area contributed by atoms with Crippen LogP contribution in [0.4, 0.5) is 0 Å². The molecule has 1 aromatic heterocycles. The van der Waals surface area contributed by atoms with E-state index in [2.05, 4.69) is 43.1 Å². The number of nitrogens with zero attached hydrogens (tertiary/aromatic N) is 2.